The minimum absolute atomic E-state index is 0.0453. The second-order valence-electron chi connectivity index (χ2n) is 9.23. The van der Waals surface area contributed by atoms with E-state index in [0.29, 0.717) is 12.8 Å². The van der Waals surface area contributed by atoms with Crippen LogP contribution in [0.3, 0.4) is 0 Å². The number of aliphatic hydroxyl groups is 2. The smallest absolute Gasteiger partial charge is 0.167 e. The van der Waals surface area contributed by atoms with E-state index in [2.05, 4.69) is 0 Å². The average Bonchev–Trinajstić information content (AvgIpc) is 2.42. The lowest BCUT2D eigenvalue weighted by Crippen LogP contribution is -2.68. The van der Waals surface area contributed by atoms with Gasteiger partial charge in [-0.05, 0) is 51.4 Å². The molecule has 2 aliphatic carbocycles. The Kier molecular flexibility index (Phi) is 4.82. The van der Waals surface area contributed by atoms with E-state index < -0.39 is 28.5 Å². The van der Waals surface area contributed by atoms with Gasteiger partial charge in [0, 0.05) is 17.3 Å². The zero-order valence-corrected chi connectivity index (χ0v) is 16.2. The summed E-state index contributed by atoms with van der Waals surface area (Å²) in [6.07, 6.45) is 1.72. The van der Waals surface area contributed by atoms with Crippen LogP contribution >= 0.6 is 0 Å². The topological polar surface area (TPSA) is 74.6 Å². The second-order valence-corrected chi connectivity index (χ2v) is 9.23. The summed E-state index contributed by atoms with van der Waals surface area (Å²) < 4.78 is 0. The summed E-state index contributed by atoms with van der Waals surface area (Å²) in [6.45, 7) is 13.0. The van der Waals surface area contributed by atoms with Gasteiger partial charge in [0.1, 0.15) is 11.4 Å². The molecule has 0 aromatic heterocycles. The molecule has 8 unspecified atom stereocenters. The van der Waals surface area contributed by atoms with Crippen molar-refractivity contribution in [3.8, 4) is 0 Å². The molecule has 0 saturated heterocycles. The highest BCUT2D eigenvalue weighted by atomic mass is 16.3. The molecule has 0 aromatic carbocycles. The number of carbonyl (C=O) groups excluding carboxylic acids is 2. The predicted octanol–water partition coefficient (Wildman–Crippen LogP) is 2.99. The van der Waals surface area contributed by atoms with Crippen molar-refractivity contribution in [3.05, 3.63) is 0 Å². The van der Waals surface area contributed by atoms with Crippen molar-refractivity contribution in [2.75, 3.05) is 0 Å². The summed E-state index contributed by atoms with van der Waals surface area (Å²) in [5.74, 6) is -1.01. The molecule has 2 rings (SSSR count). The fourth-order valence-corrected chi connectivity index (χ4v) is 6.32. The highest BCUT2D eigenvalue weighted by Crippen LogP contribution is 2.60. The Morgan fingerprint density at radius 3 is 2.25 bits per heavy atom. The van der Waals surface area contributed by atoms with E-state index in [1.54, 1.807) is 20.8 Å². The zero-order valence-electron chi connectivity index (χ0n) is 16.2. The molecule has 0 spiro atoms. The number of carbonyl (C=O) groups is 2. The minimum Gasteiger partial charge on any atom is -0.390 e. The molecular weight excluding hydrogens is 304 g/mol. The van der Waals surface area contributed by atoms with Crippen LogP contribution < -0.4 is 0 Å². The zero-order chi connectivity index (χ0) is 18.7. The third-order valence-electron chi connectivity index (χ3n) is 7.22. The molecule has 0 radical (unpaired) electrons. The first-order valence-corrected chi connectivity index (χ1v) is 9.30. The van der Waals surface area contributed by atoms with Crippen LogP contribution in [0.2, 0.25) is 0 Å². The Balaban J connectivity index is 2.66. The molecule has 24 heavy (non-hydrogen) atoms. The van der Waals surface area contributed by atoms with Crippen molar-refractivity contribution in [2.24, 2.45) is 35.0 Å². The maximum atomic E-state index is 13.2. The normalized spacial score (nSPS) is 50.3. The number of rotatable bonds is 3. The highest BCUT2D eigenvalue weighted by Gasteiger charge is 2.67. The van der Waals surface area contributed by atoms with Crippen LogP contribution in [0.5, 0.6) is 0 Å². The molecule has 0 heterocycles. The summed E-state index contributed by atoms with van der Waals surface area (Å²) in [4.78, 5) is 26.0. The minimum atomic E-state index is -1.54. The Bertz CT molecular complexity index is 536. The first-order chi connectivity index (χ1) is 10.8. The first-order valence-electron chi connectivity index (χ1n) is 9.30. The van der Waals surface area contributed by atoms with Crippen LogP contribution in [-0.4, -0.2) is 33.0 Å². The Hall–Kier alpha value is -0.740. The standard InChI is InChI=1S/C20H34O4/c1-8-11(2)16-19(6,13(4)21)15-12(3)9-18(5,23)10-14(15)17(22)20(16,7)24/h11-12,14-16,23-24H,8-10H2,1-7H3. The number of Topliss-reactive ketones (excluding diaryl/α,β-unsaturated/α-hetero) is 2. The third kappa shape index (κ3) is 2.66. The van der Waals surface area contributed by atoms with Crippen molar-refractivity contribution in [1.82, 2.24) is 0 Å². The molecule has 2 aliphatic rings. The van der Waals surface area contributed by atoms with Gasteiger partial charge in [0.2, 0.25) is 0 Å². The molecule has 0 amide bonds. The second kappa shape index (κ2) is 5.91. The third-order valence-corrected chi connectivity index (χ3v) is 7.22. The van der Waals surface area contributed by atoms with Gasteiger partial charge in [-0.15, -0.1) is 0 Å². The van der Waals surface area contributed by atoms with Crippen LogP contribution in [0.4, 0.5) is 0 Å². The molecule has 2 saturated carbocycles. The maximum absolute atomic E-state index is 13.2. The van der Waals surface area contributed by atoms with Crippen molar-refractivity contribution in [3.63, 3.8) is 0 Å². The largest absolute Gasteiger partial charge is 0.390 e. The molecule has 4 heteroatoms. The monoisotopic (exact) mass is 338 g/mol. The molecule has 0 aliphatic heterocycles. The summed E-state index contributed by atoms with van der Waals surface area (Å²) >= 11 is 0. The van der Waals surface area contributed by atoms with Gasteiger partial charge in [-0.2, -0.15) is 0 Å². The van der Waals surface area contributed by atoms with E-state index in [1.807, 2.05) is 27.7 Å². The van der Waals surface area contributed by atoms with E-state index in [9.17, 15) is 19.8 Å². The number of hydrogen-bond donors (Lipinski definition) is 2. The van der Waals surface area contributed by atoms with Gasteiger partial charge in [-0.25, -0.2) is 0 Å². The van der Waals surface area contributed by atoms with Crippen molar-refractivity contribution < 1.29 is 19.8 Å². The summed E-state index contributed by atoms with van der Waals surface area (Å²) in [5, 5.41) is 21.8. The summed E-state index contributed by atoms with van der Waals surface area (Å²) in [7, 11) is 0. The lowest BCUT2D eigenvalue weighted by atomic mass is 9.43. The van der Waals surface area contributed by atoms with Crippen molar-refractivity contribution >= 4 is 11.6 Å². The summed E-state index contributed by atoms with van der Waals surface area (Å²) in [5.41, 5.74) is -3.22. The quantitative estimate of drug-likeness (QED) is 0.829. The SMILES string of the molecule is CCC(C)C1C(C)(O)C(=O)C2CC(C)(O)CC(C)C2C1(C)C(C)=O. The fraction of sp³-hybridized carbons (Fsp3) is 0.900. The van der Waals surface area contributed by atoms with E-state index in [4.69, 9.17) is 0 Å². The van der Waals surface area contributed by atoms with Gasteiger partial charge in [-0.3, -0.25) is 9.59 Å². The van der Waals surface area contributed by atoms with Gasteiger partial charge < -0.3 is 10.2 Å². The molecule has 0 aromatic rings. The van der Waals surface area contributed by atoms with Crippen LogP contribution in [0.25, 0.3) is 0 Å². The van der Waals surface area contributed by atoms with Gasteiger partial charge in [-0.1, -0.05) is 34.1 Å². The van der Waals surface area contributed by atoms with Crippen LogP contribution in [0.1, 0.15) is 67.7 Å². The predicted molar refractivity (Wildman–Crippen MR) is 93.4 cm³/mol. The van der Waals surface area contributed by atoms with Crippen LogP contribution in [0.15, 0.2) is 0 Å². The average molecular weight is 338 g/mol. The van der Waals surface area contributed by atoms with Gasteiger partial charge in [0.25, 0.3) is 0 Å². The first kappa shape index (κ1) is 19.6. The molecule has 4 nitrogen and oxygen atoms in total. The van der Waals surface area contributed by atoms with Crippen molar-refractivity contribution in [1.29, 1.82) is 0 Å². The van der Waals surface area contributed by atoms with Gasteiger partial charge in [0.15, 0.2) is 5.78 Å². The lowest BCUT2D eigenvalue weighted by Gasteiger charge is -2.61. The Labute approximate surface area is 146 Å². The van der Waals surface area contributed by atoms with Crippen molar-refractivity contribution in [2.45, 2.75) is 78.9 Å². The Morgan fingerprint density at radius 2 is 1.79 bits per heavy atom. The number of hydrogen-bond acceptors (Lipinski definition) is 4. The molecule has 8 atom stereocenters. The highest BCUT2D eigenvalue weighted by molar-refractivity contribution is 5.95. The van der Waals surface area contributed by atoms with Gasteiger partial charge >= 0.3 is 0 Å². The molecule has 2 N–H and O–H groups in total. The lowest BCUT2D eigenvalue weighted by molar-refractivity contribution is -0.204. The maximum Gasteiger partial charge on any atom is 0.167 e. The van der Waals surface area contributed by atoms with Gasteiger partial charge in [0.05, 0.1) is 5.60 Å². The molecule has 138 valence electrons. The number of fused-ring (bicyclic) bond motifs is 1. The van der Waals surface area contributed by atoms with E-state index >= 15 is 0 Å². The fourth-order valence-electron chi connectivity index (χ4n) is 6.32. The number of ketones is 2. The summed E-state index contributed by atoms with van der Waals surface area (Å²) in [6, 6.07) is 0. The van der Waals surface area contributed by atoms with E-state index in [-0.39, 0.29) is 29.3 Å². The molecule has 2 fully saturated rings. The molecular formula is C20H34O4. The molecule has 0 bridgehead atoms. The Morgan fingerprint density at radius 1 is 1.25 bits per heavy atom. The van der Waals surface area contributed by atoms with Crippen LogP contribution in [-0.2, 0) is 9.59 Å². The van der Waals surface area contributed by atoms with E-state index in [1.165, 1.54) is 0 Å². The van der Waals surface area contributed by atoms with Crippen LogP contribution in [0, 0.1) is 35.0 Å². The van der Waals surface area contributed by atoms with E-state index in [0.717, 1.165) is 6.42 Å².